The van der Waals surface area contributed by atoms with E-state index < -0.39 is 0 Å². The van der Waals surface area contributed by atoms with Crippen molar-refractivity contribution in [2.24, 2.45) is 33.7 Å². The Bertz CT molecular complexity index is 1250. The van der Waals surface area contributed by atoms with Crippen LogP contribution in [-0.2, 0) is 16.0 Å². The van der Waals surface area contributed by atoms with Crippen LogP contribution in [0.5, 0.6) is 0 Å². The topological polar surface area (TPSA) is 81.3 Å². The van der Waals surface area contributed by atoms with Gasteiger partial charge >= 0.3 is 0 Å². The molecule has 3 aliphatic heterocycles. The molecule has 3 aliphatic carbocycles. The fraction of sp³-hybridized carbons (Fsp3) is 0.613. The first-order valence-corrected chi connectivity index (χ1v) is 14.6. The SMILES string of the molecule is CCOC1CC1C(=O)N1CCN(C2N=C(C3CC3)C(c3cccc4c3CCN=C4)=CC2C#N)C[C@H]1C1CC1. The van der Waals surface area contributed by atoms with Crippen molar-refractivity contribution in [1.82, 2.24) is 9.80 Å². The van der Waals surface area contributed by atoms with Gasteiger partial charge in [-0.25, -0.2) is 0 Å². The summed E-state index contributed by atoms with van der Waals surface area (Å²) in [5, 5.41) is 10.3. The van der Waals surface area contributed by atoms with Gasteiger partial charge in [0.1, 0.15) is 12.1 Å². The number of rotatable bonds is 7. The van der Waals surface area contributed by atoms with Gasteiger partial charge in [-0.05, 0) is 68.1 Å². The van der Waals surface area contributed by atoms with Crippen molar-refractivity contribution in [3.63, 3.8) is 0 Å². The molecular weight excluding hydrogens is 474 g/mol. The average Bonchev–Trinajstić information content (AvgIpc) is 3.81. The van der Waals surface area contributed by atoms with Gasteiger partial charge in [0.15, 0.2) is 0 Å². The van der Waals surface area contributed by atoms with Crippen molar-refractivity contribution < 1.29 is 9.53 Å². The Balaban J connectivity index is 1.15. The summed E-state index contributed by atoms with van der Waals surface area (Å²) in [5.74, 6) is 1.08. The van der Waals surface area contributed by atoms with Gasteiger partial charge in [0.05, 0.1) is 18.1 Å². The molecule has 5 atom stereocenters. The molecule has 0 N–H and O–H groups in total. The molecule has 7 heteroatoms. The number of carbonyl (C=O) groups is 1. The highest BCUT2D eigenvalue weighted by atomic mass is 16.5. The van der Waals surface area contributed by atoms with Crippen LogP contribution in [0, 0.1) is 35.0 Å². The summed E-state index contributed by atoms with van der Waals surface area (Å²) in [6.07, 6.45) is 10.7. The Hall–Kier alpha value is -2.82. The monoisotopic (exact) mass is 511 g/mol. The van der Waals surface area contributed by atoms with Crippen molar-refractivity contribution >= 4 is 23.4 Å². The molecule has 7 nitrogen and oxygen atoms in total. The normalized spacial score (nSPS) is 32.7. The summed E-state index contributed by atoms with van der Waals surface area (Å²) in [7, 11) is 0. The van der Waals surface area contributed by atoms with E-state index in [0.29, 0.717) is 18.4 Å². The number of hydrogen-bond donors (Lipinski definition) is 0. The van der Waals surface area contributed by atoms with Crippen LogP contribution in [0.15, 0.2) is 34.3 Å². The summed E-state index contributed by atoms with van der Waals surface area (Å²) < 4.78 is 5.73. The highest BCUT2D eigenvalue weighted by Gasteiger charge is 2.51. The number of piperazine rings is 1. The third-order valence-corrected chi connectivity index (χ3v) is 9.25. The number of aliphatic imine (C=N–C) groups is 2. The van der Waals surface area contributed by atoms with Crippen LogP contribution in [0.1, 0.15) is 55.7 Å². The lowest BCUT2D eigenvalue weighted by Crippen LogP contribution is -2.59. The zero-order chi connectivity index (χ0) is 25.8. The van der Waals surface area contributed by atoms with Crippen molar-refractivity contribution in [2.75, 3.05) is 32.8 Å². The van der Waals surface area contributed by atoms with E-state index in [1.165, 1.54) is 53.7 Å². The first kappa shape index (κ1) is 24.2. The molecule has 6 aliphatic rings. The number of fused-ring (bicyclic) bond motifs is 1. The fourth-order valence-corrected chi connectivity index (χ4v) is 6.84. The summed E-state index contributed by atoms with van der Waals surface area (Å²) in [5.41, 5.74) is 6.12. The van der Waals surface area contributed by atoms with Crippen LogP contribution in [0.25, 0.3) is 5.57 Å². The molecule has 0 radical (unpaired) electrons. The molecule has 3 saturated carbocycles. The number of allylic oxidation sites excluding steroid dienone is 1. The molecule has 3 heterocycles. The van der Waals surface area contributed by atoms with Gasteiger partial charge in [-0.3, -0.25) is 19.7 Å². The Morgan fingerprint density at radius 1 is 1.21 bits per heavy atom. The largest absolute Gasteiger partial charge is 0.378 e. The highest BCUT2D eigenvalue weighted by molar-refractivity contribution is 6.26. The molecular formula is C31H37N5O2. The van der Waals surface area contributed by atoms with E-state index in [9.17, 15) is 10.1 Å². The Morgan fingerprint density at radius 3 is 2.84 bits per heavy atom. The maximum absolute atomic E-state index is 13.4. The number of amides is 1. The minimum atomic E-state index is -0.298. The van der Waals surface area contributed by atoms with Gasteiger partial charge in [-0.1, -0.05) is 24.3 Å². The van der Waals surface area contributed by atoms with Crippen LogP contribution in [-0.4, -0.2) is 78.7 Å². The van der Waals surface area contributed by atoms with Crippen LogP contribution in [0.3, 0.4) is 0 Å². The van der Waals surface area contributed by atoms with Crippen LogP contribution < -0.4 is 0 Å². The molecule has 1 aromatic rings. The summed E-state index contributed by atoms with van der Waals surface area (Å²) in [4.78, 5) is 27.8. The molecule has 1 amide bonds. The molecule has 0 spiro atoms. The van der Waals surface area contributed by atoms with Crippen LogP contribution in [0.4, 0.5) is 0 Å². The van der Waals surface area contributed by atoms with E-state index in [-0.39, 0.29) is 36.1 Å². The summed E-state index contributed by atoms with van der Waals surface area (Å²) in [6, 6.07) is 9.28. The smallest absolute Gasteiger partial charge is 0.228 e. The highest BCUT2D eigenvalue weighted by Crippen LogP contribution is 2.44. The first-order valence-electron chi connectivity index (χ1n) is 14.6. The molecule has 0 bridgehead atoms. The van der Waals surface area contributed by atoms with E-state index in [2.05, 4.69) is 45.1 Å². The number of nitrogens with zero attached hydrogens (tertiary/aromatic N) is 5. The Morgan fingerprint density at radius 2 is 2.08 bits per heavy atom. The van der Waals surface area contributed by atoms with E-state index in [4.69, 9.17) is 9.73 Å². The van der Waals surface area contributed by atoms with Crippen molar-refractivity contribution in [3.8, 4) is 6.07 Å². The quantitative estimate of drug-likeness (QED) is 0.559. The molecule has 1 saturated heterocycles. The molecule has 198 valence electrons. The number of carbonyl (C=O) groups excluding carboxylic acids is 1. The van der Waals surface area contributed by atoms with Gasteiger partial charge in [0.25, 0.3) is 0 Å². The summed E-state index contributed by atoms with van der Waals surface area (Å²) >= 11 is 0. The first-order chi connectivity index (χ1) is 18.7. The standard InChI is InChI=1S/C31H37N5O2/c1-2-38-28-15-26(28)31(37)36-13-12-35(18-27(36)19-6-7-19)30-22(16-32)14-25(29(34-30)20-8-9-20)24-5-3-4-21-17-33-11-10-23(21)24/h3-5,14,17,19-20,22,26-28,30H,2,6-13,15,18H2,1H3/t22?,26?,27-,28?,30?/m0/s1. The second-order valence-corrected chi connectivity index (χ2v) is 11.9. The van der Waals surface area contributed by atoms with Crippen LogP contribution >= 0.6 is 0 Å². The Labute approximate surface area is 225 Å². The van der Waals surface area contributed by atoms with Crippen molar-refractivity contribution in [2.45, 2.75) is 63.8 Å². The van der Waals surface area contributed by atoms with E-state index in [0.717, 1.165) is 39.0 Å². The minimum Gasteiger partial charge on any atom is -0.378 e. The van der Waals surface area contributed by atoms with Gasteiger partial charge in [-0.2, -0.15) is 5.26 Å². The molecule has 7 rings (SSSR count). The molecule has 1 aromatic carbocycles. The number of dihydropyridines is 1. The average molecular weight is 512 g/mol. The van der Waals surface area contributed by atoms with Gasteiger partial charge in [-0.15, -0.1) is 0 Å². The van der Waals surface area contributed by atoms with Gasteiger partial charge < -0.3 is 9.64 Å². The zero-order valence-electron chi connectivity index (χ0n) is 22.3. The lowest BCUT2D eigenvalue weighted by molar-refractivity contribution is -0.140. The second-order valence-electron chi connectivity index (χ2n) is 11.9. The number of benzene rings is 1. The number of ether oxygens (including phenoxy) is 1. The van der Waals surface area contributed by atoms with Gasteiger partial charge in [0.2, 0.25) is 5.91 Å². The third-order valence-electron chi connectivity index (χ3n) is 9.25. The predicted octanol–water partition coefficient (Wildman–Crippen LogP) is 3.72. The van der Waals surface area contributed by atoms with Crippen molar-refractivity contribution in [3.05, 3.63) is 41.0 Å². The summed E-state index contributed by atoms with van der Waals surface area (Å²) in [6.45, 7) is 5.79. The van der Waals surface area contributed by atoms with E-state index in [1.54, 1.807) is 0 Å². The number of hydrogen-bond acceptors (Lipinski definition) is 6. The van der Waals surface area contributed by atoms with Crippen molar-refractivity contribution in [1.29, 1.82) is 5.26 Å². The molecule has 0 aromatic heterocycles. The number of nitriles is 1. The second kappa shape index (κ2) is 9.73. The molecule has 38 heavy (non-hydrogen) atoms. The maximum atomic E-state index is 13.4. The minimum absolute atomic E-state index is 0.0381. The zero-order valence-corrected chi connectivity index (χ0v) is 22.3. The van der Waals surface area contributed by atoms with E-state index >= 15 is 0 Å². The van der Waals surface area contributed by atoms with Gasteiger partial charge in [0, 0.05) is 62.2 Å². The van der Waals surface area contributed by atoms with Crippen LogP contribution in [0.2, 0.25) is 0 Å². The van der Waals surface area contributed by atoms with E-state index in [1.807, 2.05) is 13.1 Å². The molecule has 4 unspecified atom stereocenters. The third kappa shape index (κ3) is 4.42. The lowest BCUT2D eigenvalue weighted by atomic mass is 9.84. The maximum Gasteiger partial charge on any atom is 0.228 e. The predicted molar refractivity (Wildman–Crippen MR) is 147 cm³/mol. The fourth-order valence-electron chi connectivity index (χ4n) is 6.84. The Kier molecular flexibility index (Phi) is 6.21. The lowest BCUT2D eigenvalue weighted by Gasteiger charge is -2.45. The molecule has 4 fully saturated rings.